The number of sulfone groups is 1. The Balaban J connectivity index is 2.28. The molecule has 2 rings (SSSR count). The SMILES string of the molecule is COc1ccc(S(=O)(=O)NC2CCS(=O)(=O)C2)cc1C(C)C. The van der Waals surface area contributed by atoms with Crippen molar-refractivity contribution in [3.63, 3.8) is 0 Å². The van der Waals surface area contributed by atoms with Crippen molar-refractivity contribution in [1.29, 1.82) is 0 Å². The monoisotopic (exact) mass is 347 g/mol. The second-order valence-electron chi connectivity index (χ2n) is 5.78. The maximum Gasteiger partial charge on any atom is 0.240 e. The van der Waals surface area contributed by atoms with E-state index in [0.717, 1.165) is 5.56 Å². The van der Waals surface area contributed by atoms with Crippen molar-refractivity contribution in [2.45, 2.75) is 37.1 Å². The zero-order valence-electron chi connectivity index (χ0n) is 12.9. The highest BCUT2D eigenvalue weighted by atomic mass is 32.2. The van der Waals surface area contributed by atoms with Gasteiger partial charge in [0, 0.05) is 6.04 Å². The molecule has 6 nitrogen and oxygen atoms in total. The van der Waals surface area contributed by atoms with Crippen LogP contribution in [0.3, 0.4) is 0 Å². The highest BCUT2D eigenvalue weighted by molar-refractivity contribution is 7.92. The molecule has 22 heavy (non-hydrogen) atoms. The number of sulfonamides is 1. The molecule has 124 valence electrons. The van der Waals surface area contributed by atoms with E-state index in [1.165, 1.54) is 13.2 Å². The van der Waals surface area contributed by atoms with E-state index in [4.69, 9.17) is 4.74 Å². The molecule has 1 aliphatic rings. The number of nitrogens with one attached hydrogen (secondary N) is 1. The lowest BCUT2D eigenvalue weighted by molar-refractivity contribution is 0.407. The summed E-state index contributed by atoms with van der Waals surface area (Å²) in [5.74, 6) is 0.633. The second kappa shape index (κ2) is 6.17. The molecule has 1 aromatic rings. The van der Waals surface area contributed by atoms with Crippen LogP contribution in [0.5, 0.6) is 5.75 Å². The molecule has 0 aromatic heterocycles. The van der Waals surface area contributed by atoms with Crippen LogP contribution in [0.4, 0.5) is 0 Å². The van der Waals surface area contributed by atoms with Gasteiger partial charge in [-0.2, -0.15) is 0 Å². The van der Waals surface area contributed by atoms with Gasteiger partial charge >= 0.3 is 0 Å². The molecule has 0 aliphatic carbocycles. The largest absolute Gasteiger partial charge is 0.496 e. The average molecular weight is 347 g/mol. The van der Waals surface area contributed by atoms with Gasteiger partial charge in [-0.15, -0.1) is 0 Å². The molecule has 8 heteroatoms. The van der Waals surface area contributed by atoms with Crippen LogP contribution in [0.1, 0.15) is 31.7 Å². The van der Waals surface area contributed by atoms with Crippen molar-refractivity contribution >= 4 is 19.9 Å². The first-order valence-electron chi connectivity index (χ1n) is 7.05. The maximum absolute atomic E-state index is 12.4. The number of methoxy groups -OCH3 is 1. The highest BCUT2D eigenvalue weighted by Gasteiger charge is 2.31. The minimum absolute atomic E-state index is 0.0278. The Morgan fingerprint density at radius 3 is 2.50 bits per heavy atom. The van der Waals surface area contributed by atoms with Gasteiger partial charge in [0.15, 0.2) is 9.84 Å². The summed E-state index contributed by atoms with van der Waals surface area (Å²) in [5, 5.41) is 0. The van der Waals surface area contributed by atoms with Crippen LogP contribution in [0.25, 0.3) is 0 Å². The van der Waals surface area contributed by atoms with Gasteiger partial charge in [-0.1, -0.05) is 13.8 Å². The minimum Gasteiger partial charge on any atom is -0.496 e. The Labute approximate surface area is 131 Å². The molecule has 1 fully saturated rings. The third kappa shape index (κ3) is 3.80. The van der Waals surface area contributed by atoms with Crippen molar-refractivity contribution in [3.8, 4) is 5.75 Å². The van der Waals surface area contributed by atoms with Crippen LogP contribution >= 0.6 is 0 Å². The van der Waals surface area contributed by atoms with Gasteiger partial charge in [-0.25, -0.2) is 21.6 Å². The summed E-state index contributed by atoms with van der Waals surface area (Å²) in [5.41, 5.74) is 0.796. The van der Waals surface area contributed by atoms with E-state index in [1.54, 1.807) is 12.1 Å². The molecule has 1 aliphatic heterocycles. The van der Waals surface area contributed by atoms with Crippen molar-refractivity contribution in [2.24, 2.45) is 0 Å². The van der Waals surface area contributed by atoms with E-state index >= 15 is 0 Å². The molecule has 1 atom stereocenters. The quantitative estimate of drug-likeness (QED) is 0.867. The Kier molecular flexibility index (Phi) is 4.84. The molecule has 1 aromatic carbocycles. The van der Waals surface area contributed by atoms with Crippen LogP contribution in [-0.4, -0.2) is 41.5 Å². The summed E-state index contributed by atoms with van der Waals surface area (Å²) in [6.07, 6.45) is 0.314. The smallest absolute Gasteiger partial charge is 0.240 e. The molecule has 0 bridgehead atoms. The fourth-order valence-corrected chi connectivity index (χ4v) is 5.59. The molecule has 0 amide bonds. The second-order valence-corrected chi connectivity index (χ2v) is 9.72. The summed E-state index contributed by atoms with van der Waals surface area (Å²) in [7, 11) is -5.34. The van der Waals surface area contributed by atoms with Crippen LogP contribution < -0.4 is 9.46 Å². The number of benzene rings is 1. The molecule has 0 spiro atoms. The van der Waals surface area contributed by atoms with Crippen LogP contribution in [-0.2, 0) is 19.9 Å². The first kappa shape index (κ1) is 17.2. The topological polar surface area (TPSA) is 89.5 Å². The van der Waals surface area contributed by atoms with Crippen molar-refractivity contribution in [2.75, 3.05) is 18.6 Å². The summed E-state index contributed by atoms with van der Waals surface area (Å²) >= 11 is 0. The van der Waals surface area contributed by atoms with Gasteiger partial charge in [0.2, 0.25) is 10.0 Å². The maximum atomic E-state index is 12.4. The standard InChI is InChI=1S/C14H21NO5S2/c1-10(2)13-8-12(4-5-14(13)20-3)22(18,19)15-11-6-7-21(16,17)9-11/h4-5,8,10-11,15H,6-7,9H2,1-3H3. The number of hydrogen-bond donors (Lipinski definition) is 1. The van der Waals surface area contributed by atoms with E-state index in [2.05, 4.69) is 4.72 Å². The highest BCUT2D eigenvalue weighted by Crippen LogP contribution is 2.29. The van der Waals surface area contributed by atoms with Gasteiger partial charge in [-0.3, -0.25) is 0 Å². The van der Waals surface area contributed by atoms with E-state index in [0.29, 0.717) is 12.2 Å². The number of rotatable bonds is 5. The number of hydrogen-bond acceptors (Lipinski definition) is 5. The first-order valence-corrected chi connectivity index (χ1v) is 10.4. The predicted molar refractivity (Wildman–Crippen MR) is 84.5 cm³/mol. The third-order valence-electron chi connectivity index (χ3n) is 3.69. The van der Waals surface area contributed by atoms with Crippen LogP contribution in [0.2, 0.25) is 0 Å². The van der Waals surface area contributed by atoms with Crippen molar-refractivity contribution < 1.29 is 21.6 Å². The van der Waals surface area contributed by atoms with Crippen LogP contribution in [0.15, 0.2) is 23.1 Å². The summed E-state index contributed by atoms with van der Waals surface area (Å²) < 4.78 is 55.5. The van der Waals surface area contributed by atoms with E-state index in [1.807, 2.05) is 13.8 Å². The fourth-order valence-electron chi connectivity index (χ4n) is 2.51. The molecule has 1 unspecified atom stereocenters. The zero-order valence-corrected chi connectivity index (χ0v) is 14.5. The zero-order chi connectivity index (χ0) is 16.5. The average Bonchev–Trinajstić information content (AvgIpc) is 2.76. The van der Waals surface area contributed by atoms with Crippen LogP contribution in [0, 0.1) is 0 Å². The molecule has 1 heterocycles. The normalized spacial score (nSPS) is 21.2. The predicted octanol–water partition coefficient (Wildman–Crippen LogP) is 1.28. The van der Waals surface area contributed by atoms with Crippen molar-refractivity contribution in [3.05, 3.63) is 23.8 Å². The molecular formula is C14H21NO5S2. The minimum atomic E-state index is -3.74. The molecule has 1 saturated heterocycles. The van der Waals surface area contributed by atoms with Crippen molar-refractivity contribution in [1.82, 2.24) is 4.72 Å². The summed E-state index contributed by atoms with van der Waals surface area (Å²) in [6.45, 7) is 3.90. The Bertz CT molecular complexity index is 753. The number of ether oxygens (including phenoxy) is 1. The van der Waals surface area contributed by atoms with Gasteiger partial charge in [0.25, 0.3) is 0 Å². The third-order valence-corrected chi connectivity index (χ3v) is 6.97. The van der Waals surface area contributed by atoms with E-state index < -0.39 is 25.9 Å². The van der Waals surface area contributed by atoms with E-state index in [9.17, 15) is 16.8 Å². The van der Waals surface area contributed by atoms with Gasteiger partial charge in [0.1, 0.15) is 5.75 Å². The lowest BCUT2D eigenvalue weighted by atomic mass is 10.0. The lowest BCUT2D eigenvalue weighted by Crippen LogP contribution is -2.35. The molecule has 0 radical (unpaired) electrons. The molecule has 0 saturated carbocycles. The Morgan fingerprint density at radius 2 is 2.00 bits per heavy atom. The fraction of sp³-hybridized carbons (Fsp3) is 0.571. The molecular weight excluding hydrogens is 326 g/mol. The van der Waals surface area contributed by atoms with Gasteiger partial charge in [0.05, 0.1) is 23.5 Å². The summed E-state index contributed by atoms with van der Waals surface area (Å²) in [6, 6.07) is 4.11. The van der Waals surface area contributed by atoms with E-state index in [-0.39, 0.29) is 22.3 Å². The summed E-state index contributed by atoms with van der Waals surface area (Å²) in [4.78, 5) is 0.126. The Morgan fingerprint density at radius 1 is 1.32 bits per heavy atom. The van der Waals surface area contributed by atoms with Gasteiger partial charge in [-0.05, 0) is 36.1 Å². The lowest BCUT2D eigenvalue weighted by Gasteiger charge is -2.16. The Hall–Kier alpha value is -1.12. The van der Waals surface area contributed by atoms with Gasteiger partial charge < -0.3 is 4.74 Å². The molecule has 1 N–H and O–H groups in total. The first-order chi connectivity index (χ1) is 10.1.